The highest BCUT2D eigenvalue weighted by Crippen LogP contribution is 2.37. The van der Waals surface area contributed by atoms with Crippen LogP contribution in [0.5, 0.6) is 0 Å². The molecule has 2 saturated heterocycles. The lowest BCUT2D eigenvalue weighted by Gasteiger charge is -2.33. The lowest BCUT2D eigenvalue weighted by atomic mass is 10.3. The second-order valence-electron chi connectivity index (χ2n) is 8.46. The van der Waals surface area contributed by atoms with Gasteiger partial charge in [0.15, 0.2) is 0 Å². The van der Waals surface area contributed by atoms with E-state index in [-0.39, 0.29) is 19.4 Å². The number of hydrogen-bond donors (Lipinski definition) is 6. The van der Waals surface area contributed by atoms with E-state index >= 15 is 0 Å². The molecule has 190 valence electrons. The van der Waals surface area contributed by atoms with Crippen LogP contribution in [0.25, 0.3) is 0 Å². The van der Waals surface area contributed by atoms with Gasteiger partial charge < -0.3 is 29.4 Å². The third-order valence-electron chi connectivity index (χ3n) is 5.55. The van der Waals surface area contributed by atoms with E-state index in [1.54, 1.807) is 14.7 Å². The molecular weight excluding hydrogens is 487 g/mol. The zero-order valence-electron chi connectivity index (χ0n) is 18.1. The van der Waals surface area contributed by atoms with Crippen molar-refractivity contribution in [2.75, 3.05) is 97.4 Å². The summed E-state index contributed by atoms with van der Waals surface area (Å²) >= 11 is 0. The van der Waals surface area contributed by atoms with E-state index in [2.05, 4.69) is 9.80 Å². The summed E-state index contributed by atoms with van der Waals surface area (Å²) < 4.78 is 34.7. The van der Waals surface area contributed by atoms with E-state index in [0.29, 0.717) is 65.4 Å². The highest BCUT2D eigenvalue weighted by Gasteiger charge is 2.26. The first kappa shape index (κ1) is 28.5. The molecule has 2 unspecified atom stereocenters. The van der Waals surface area contributed by atoms with Gasteiger partial charge in [0.25, 0.3) is 0 Å². The van der Waals surface area contributed by atoms with Crippen LogP contribution in [-0.2, 0) is 13.7 Å². The van der Waals surface area contributed by atoms with Gasteiger partial charge in [0, 0.05) is 78.5 Å². The van der Waals surface area contributed by atoms with Crippen molar-refractivity contribution < 1.29 is 43.1 Å². The molecule has 2 aliphatic rings. The Balaban J connectivity index is 2.19. The van der Waals surface area contributed by atoms with Crippen LogP contribution >= 0.6 is 22.8 Å². The number of rotatable bonds is 6. The molecule has 2 rings (SSSR count). The molecule has 0 amide bonds. The molecular formula is C15H36N5O9P3. The predicted molar refractivity (Wildman–Crippen MR) is 118 cm³/mol. The Hall–Kier alpha value is 0.250. The SMILES string of the molecule is O=P(O)(O)CN1CCN2CCN(CC1)CCN(CP(=O)(O)O)CCN(CP(=O)(O)O)CC2. The first-order chi connectivity index (χ1) is 14.7. The van der Waals surface area contributed by atoms with Crippen molar-refractivity contribution >= 4 is 22.8 Å². The smallest absolute Gasteiger partial charge is 0.324 e. The van der Waals surface area contributed by atoms with E-state index in [4.69, 9.17) is 0 Å². The van der Waals surface area contributed by atoms with Gasteiger partial charge in [0.2, 0.25) is 0 Å². The monoisotopic (exact) mass is 523 g/mol. The van der Waals surface area contributed by atoms with Crippen LogP contribution in [0.2, 0.25) is 0 Å². The van der Waals surface area contributed by atoms with Crippen molar-refractivity contribution in [3.05, 3.63) is 0 Å². The van der Waals surface area contributed by atoms with Crippen molar-refractivity contribution in [1.29, 1.82) is 0 Å². The van der Waals surface area contributed by atoms with Gasteiger partial charge in [-0.25, -0.2) is 0 Å². The molecule has 2 aliphatic heterocycles. The quantitative estimate of drug-likeness (QED) is 0.208. The van der Waals surface area contributed by atoms with Crippen molar-refractivity contribution in [3.63, 3.8) is 0 Å². The second-order valence-corrected chi connectivity index (χ2v) is 13.3. The van der Waals surface area contributed by atoms with Gasteiger partial charge in [0.05, 0.1) is 0 Å². The first-order valence-electron chi connectivity index (χ1n) is 10.4. The first-order valence-corrected chi connectivity index (χ1v) is 15.8. The summed E-state index contributed by atoms with van der Waals surface area (Å²) in [7, 11) is -12.9. The zero-order valence-corrected chi connectivity index (χ0v) is 20.8. The third-order valence-corrected chi connectivity index (χ3v) is 7.85. The third kappa shape index (κ3) is 12.6. The minimum absolute atomic E-state index is 0.253. The fourth-order valence-corrected chi connectivity index (χ4v) is 6.32. The Kier molecular flexibility index (Phi) is 10.9. The topological polar surface area (TPSA) is 189 Å². The standard InChI is InChI=1S/C15H36N5O9P3/c21-30(22,23)13-18-7-3-16-1-2-17(4-8-18)6-10-20(15-32(27,28)29)12-11-19(9-5-16)14-31(24,25)26/h1-15H2,(H2,21,22,23)(H2,24,25,26)(H2,27,28,29). The molecule has 2 bridgehead atoms. The number of hydrogen-bond acceptors (Lipinski definition) is 8. The van der Waals surface area contributed by atoms with Gasteiger partial charge in [0.1, 0.15) is 18.9 Å². The molecule has 2 heterocycles. The fraction of sp³-hybridized carbons (Fsp3) is 1.00. The van der Waals surface area contributed by atoms with Gasteiger partial charge in [-0.05, 0) is 0 Å². The van der Waals surface area contributed by atoms with Crippen LogP contribution in [0, 0.1) is 0 Å². The Labute approximate surface area is 188 Å². The Bertz CT molecular complexity index is 681. The van der Waals surface area contributed by atoms with Crippen LogP contribution in [-0.4, -0.2) is 151 Å². The largest absolute Gasteiger partial charge is 0.339 e. The highest BCUT2D eigenvalue weighted by atomic mass is 31.2. The van der Waals surface area contributed by atoms with E-state index in [1.807, 2.05) is 0 Å². The molecule has 0 aliphatic carbocycles. The number of fused-ring (bicyclic) bond motifs is 3. The molecule has 0 aromatic rings. The van der Waals surface area contributed by atoms with E-state index in [0.717, 1.165) is 0 Å². The lowest BCUT2D eigenvalue weighted by Crippen LogP contribution is -2.46. The second kappa shape index (κ2) is 12.3. The van der Waals surface area contributed by atoms with Crippen molar-refractivity contribution in [1.82, 2.24) is 24.5 Å². The molecule has 0 saturated carbocycles. The van der Waals surface area contributed by atoms with E-state index < -0.39 is 35.4 Å². The summed E-state index contributed by atoms with van der Waals surface area (Å²) in [5.41, 5.74) is 0. The van der Waals surface area contributed by atoms with Gasteiger partial charge in [-0.3, -0.25) is 38.2 Å². The minimum Gasteiger partial charge on any atom is -0.324 e. The van der Waals surface area contributed by atoms with Crippen LogP contribution in [0.15, 0.2) is 0 Å². The van der Waals surface area contributed by atoms with Gasteiger partial charge in [-0.15, -0.1) is 0 Å². The van der Waals surface area contributed by atoms with Gasteiger partial charge >= 0.3 is 22.8 Å². The maximum absolute atomic E-state index is 11.6. The van der Waals surface area contributed by atoms with Gasteiger partial charge in [-0.2, -0.15) is 0 Å². The number of nitrogens with zero attached hydrogens (tertiary/aromatic N) is 5. The maximum atomic E-state index is 11.6. The average molecular weight is 523 g/mol. The zero-order chi connectivity index (χ0) is 24.0. The molecule has 2 fully saturated rings. The minimum atomic E-state index is -4.31. The van der Waals surface area contributed by atoms with Crippen LogP contribution < -0.4 is 0 Å². The molecule has 0 spiro atoms. The molecule has 32 heavy (non-hydrogen) atoms. The van der Waals surface area contributed by atoms with Crippen molar-refractivity contribution in [2.24, 2.45) is 0 Å². The predicted octanol–water partition coefficient (Wildman–Crippen LogP) is -2.07. The summed E-state index contributed by atoms with van der Waals surface area (Å²) in [5, 5.41) is 0. The molecule has 0 radical (unpaired) electrons. The highest BCUT2D eigenvalue weighted by molar-refractivity contribution is 7.52. The molecule has 17 heteroatoms. The van der Waals surface area contributed by atoms with E-state index in [1.165, 1.54) is 0 Å². The molecule has 6 N–H and O–H groups in total. The molecule has 0 aromatic carbocycles. The van der Waals surface area contributed by atoms with Crippen LogP contribution in [0.1, 0.15) is 0 Å². The Morgan fingerprint density at radius 1 is 0.406 bits per heavy atom. The average Bonchev–Trinajstić information content (AvgIpc) is 2.68. The van der Waals surface area contributed by atoms with Crippen molar-refractivity contribution in [2.45, 2.75) is 0 Å². The van der Waals surface area contributed by atoms with Crippen LogP contribution in [0.4, 0.5) is 0 Å². The summed E-state index contributed by atoms with van der Waals surface area (Å²) in [6.07, 6.45) is -1.23. The van der Waals surface area contributed by atoms with Crippen molar-refractivity contribution in [3.8, 4) is 0 Å². The Morgan fingerprint density at radius 2 is 0.594 bits per heavy atom. The molecule has 0 aromatic heterocycles. The van der Waals surface area contributed by atoms with E-state index in [9.17, 15) is 43.1 Å². The normalized spacial score (nSPS) is 27.2. The summed E-state index contributed by atoms with van der Waals surface area (Å²) in [4.78, 5) is 65.7. The fourth-order valence-electron chi connectivity index (χ4n) is 3.91. The molecule has 2 atom stereocenters. The van der Waals surface area contributed by atoms with Crippen LogP contribution in [0.3, 0.4) is 0 Å². The lowest BCUT2D eigenvalue weighted by molar-refractivity contribution is 0.148. The summed E-state index contributed by atoms with van der Waals surface area (Å²) in [6, 6.07) is 0. The maximum Gasteiger partial charge on any atom is 0.339 e. The molecule has 14 nitrogen and oxygen atoms in total. The van der Waals surface area contributed by atoms with Gasteiger partial charge in [-0.1, -0.05) is 0 Å². The summed E-state index contributed by atoms with van der Waals surface area (Å²) in [6.45, 7) is 5.64. The summed E-state index contributed by atoms with van der Waals surface area (Å²) in [5.74, 6) is 0. The Morgan fingerprint density at radius 3 is 0.812 bits per heavy atom.